The third-order valence-electron chi connectivity index (χ3n) is 0. The summed E-state index contributed by atoms with van der Waals surface area (Å²) in [5, 5.41) is 0. The van der Waals surface area contributed by atoms with Gasteiger partial charge in [-0.25, -0.2) is 0 Å². The molecule has 0 aromatic rings. The fourth-order valence-electron chi connectivity index (χ4n) is 0. The lowest BCUT2D eigenvalue weighted by atomic mass is 10.6. The Kier molecular flexibility index (Phi) is 165. The average molecular weight is 216 g/mol. The van der Waals surface area contributed by atoms with E-state index < -0.39 is 0 Å². The number of hydrogen-bond donors (Lipinski definition) is 0. The molecule has 0 aliphatic heterocycles. The molecule has 0 radical (unpaired) electrons. The van der Waals surface area contributed by atoms with Gasteiger partial charge in [0.15, 0.2) is 0 Å². The highest BCUT2D eigenvalue weighted by Crippen LogP contribution is 1.56. The van der Waals surface area contributed by atoms with Crippen LogP contribution in [0.1, 0.15) is 34.1 Å². The van der Waals surface area contributed by atoms with Gasteiger partial charge in [0.25, 0.3) is 0 Å². The summed E-state index contributed by atoms with van der Waals surface area (Å²) in [5.41, 5.74) is 0. The molecule has 0 spiro atoms. The highest BCUT2D eigenvalue weighted by atomic mass is 127. The quantitative estimate of drug-likeness (QED) is 0.429. The molecule has 0 aromatic carbocycles. The Morgan fingerprint density at radius 1 is 1.00 bits per heavy atom. The van der Waals surface area contributed by atoms with Crippen LogP contribution in [0.5, 0.6) is 0 Å². The number of halogens is 1. The molecule has 0 unspecified atom stereocenters. The maximum atomic E-state index is 2.15. The van der Waals surface area contributed by atoms with Crippen LogP contribution in [0.4, 0.5) is 0 Å². The maximum absolute atomic E-state index is 2.15. The highest BCUT2D eigenvalue weighted by molar-refractivity contribution is 14.1. The molecular formula is C6H17I. The van der Waals surface area contributed by atoms with Crippen molar-refractivity contribution in [2.75, 3.05) is 4.93 Å². The fraction of sp³-hybridized carbons (Fsp3) is 1.00. The zero-order valence-electron chi connectivity index (χ0n) is 6.09. The van der Waals surface area contributed by atoms with E-state index in [9.17, 15) is 0 Å². The lowest BCUT2D eigenvalue weighted by Gasteiger charge is -1.48. The van der Waals surface area contributed by atoms with Crippen molar-refractivity contribution in [2.24, 2.45) is 0 Å². The molecule has 0 atom stereocenters. The van der Waals surface area contributed by atoms with Crippen molar-refractivity contribution in [1.82, 2.24) is 0 Å². The third kappa shape index (κ3) is 283. The van der Waals surface area contributed by atoms with E-state index in [1.165, 1.54) is 6.42 Å². The molecule has 0 aliphatic rings. The van der Waals surface area contributed by atoms with Gasteiger partial charge in [-0.1, -0.05) is 56.7 Å². The topological polar surface area (TPSA) is 0 Å². The molecule has 0 fully saturated rings. The van der Waals surface area contributed by atoms with Crippen LogP contribution in [-0.2, 0) is 0 Å². The second-order valence-corrected chi connectivity index (χ2v) is 0.707. The summed E-state index contributed by atoms with van der Waals surface area (Å²) in [6.45, 7) is 8.25. The molecule has 0 amide bonds. The van der Waals surface area contributed by atoms with E-state index in [0.29, 0.717) is 0 Å². The number of hydrogen-bond acceptors (Lipinski definition) is 0. The normalized spacial score (nSPS) is 4.29. The molecule has 0 aliphatic carbocycles. The van der Waals surface area contributed by atoms with Gasteiger partial charge in [-0.15, -0.1) is 0 Å². The monoisotopic (exact) mass is 216 g/mol. The molecule has 0 N–H and O–H groups in total. The van der Waals surface area contributed by atoms with Gasteiger partial charge in [0, 0.05) is 0 Å². The predicted molar refractivity (Wildman–Crippen MR) is 47.3 cm³/mol. The van der Waals surface area contributed by atoms with Gasteiger partial charge < -0.3 is 0 Å². The molecule has 0 aromatic heterocycles. The van der Waals surface area contributed by atoms with Crippen molar-refractivity contribution in [3.05, 3.63) is 0 Å². The largest absolute Gasteiger partial charge is 0.0901 e. The van der Waals surface area contributed by atoms with Crippen LogP contribution in [0.15, 0.2) is 0 Å². The SMILES string of the molecule is CC.CCC.CI. The van der Waals surface area contributed by atoms with Gasteiger partial charge in [0.2, 0.25) is 0 Å². The van der Waals surface area contributed by atoms with E-state index in [1.807, 2.05) is 18.8 Å². The highest BCUT2D eigenvalue weighted by Gasteiger charge is 1.35. The van der Waals surface area contributed by atoms with Crippen molar-refractivity contribution in [1.29, 1.82) is 0 Å². The van der Waals surface area contributed by atoms with E-state index in [1.54, 1.807) is 0 Å². The summed E-state index contributed by atoms with van der Waals surface area (Å²) >= 11 is 2.15. The number of alkyl halides is 1. The van der Waals surface area contributed by atoms with Gasteiger partial charge in [0.1, 0.15) is 0 Å². The minimum atomic E-state index is 1.25. The van der Waals surface area contributed by atoms with Crippen molar-refractivity contribution >= 4 is 22.6 Å². The van der Waals surface area contributed by atoms with Crippen LogP contribution in [0.2, 0.25) is 0 Å². The smallest absolute Gasteiger partial charge is 0.0121 e. The molecule has 0 rings (SSSR count). The molecule has 48 valence electrons. The first-order valence-corrected chi connectivity index (χ1v) is 4.95. The van der Waals surface area contributed by atoms with Gasteiger partial charge >= 0.3 is 0 Å². The first kappa shape index (κ1) is 15.6. The Bertz CT molecular complexity index is 4.14. The van der Waals surface area contributed by atoms with E-state index >= 15 is 0 Å². The minimum absolute atomic E-state index is 1.25. The van der Waals surface area contributed by atoms with Crippen LogP contribution in [0.25, 0.3) is 0 Å². The standard InChI is InChI=1S/C3H8.C2H6.CH3I/c1-3-2;2*1-2/h3H2,1-2H3;1-2H3;1H3. The first-order valence-electron chi connectivity index (χ1n) is 2.79. The van der Waals surface area contributed by atoms with Gasteiger partial charge in [0.05, 0.1) is 0 Å². The lowest BCUT2D eigenvalue weighted by Crippen LogP contribution is -1.27. The van der Waals surface area contributed by atoms with Gasteiger partial charge in [-0.3, -0.25) is 0 Å². The van der Waals surface area contributed by atoms with E-state index in [-0.39, 0.29) is 0 Å². The molecule has 0 nitrogen and oxygen atoms in total. The second-order valence-electron chi connectivity index (χ2n) is 0.707. The van der Waals surface area contributed by atoms with Crippen molar-refractivity contribution in [3.8, 4) is 0 Å². The summed E-state index contributed by atoms with van der Waals surface area (Å²) in [7, 11) is 0. The van der Waals surface area contributed by atoms with Crippen LogP contribution in [-0.4, -0.2) is 4.93 Å². The van der Waals surface area contributed by atoms with Crippen LogP contribution in [0.3, 0.4) is 0 Å². The summed E-state index contributed by atoms with van der Waals surface area (Å²) < 4.78 is 0. The Labute approximate surface area is 61.8 Å². The third-order valence-corrected chi connectivity index (χ3v) is 0. The zero-order chi connectivity index (χ0) is 6.71. The fourth-order valence-corrected chi connectivity index (χ4v) is 0. The molecule has 0 heterocycles. The van der Waals surface area contributed by atoms with Crippen LogP contribution >= 0.6 is 22.6 Å². The van der Waals surface area contributed by atoms with Gasteiger partial charge in [-0.2, -0.15) is 0 Å². The average Bonchev–Trinajstić information content (AvgIpc) is 1.78. The molecular weight excluding hydrogens is 199 g/mol. The minimum Gasteiger partial charge on any atom is -0.0901 e. The van der Waals surface area contributed by atoms with Gasteiger partial charge in [-0.05, 0) is 4.93 Å². The van der Waals surface area contributed by atoms with E-state index in [2.05, 4.69) is 36.4 Å². The summed E-state index contributed by atoms with van der Waals surface area (Å²) in [5.74, 6) is 0. The molecule has 1 heteroatoms. The Morgan fingerprint density at radius 3 is 1.00 bits per heavy atom. The maximum Gasteiger partial charge on any atom is -0.0121 e. The second kappa shape index (κ2) is 73.8. The van der Waals surface area contributed by atoms with E-state index in [4.69, 9.17) is 0 Å². The lowest BCUT2D eigenvalue weighted by molar-refractivity contribution is 1.09. The first-order chi connectivity index (χ1) is 3.41. The number of rotatable bonds is 0. The van der Waals surface area contributed by atoms with Crippen molar-refractivity contribution in [3.63, 3.8) is 0 Å². The van der Waals surface area contributed by atoms with Crippen LogP contribution < -0.4 is 0 Å². The Balaban J connectivity index is -0.0000000360. The Hall–Kier alpha value is 0.730. The zero-order valence-corrected chi connectivity index (χ0v) is 8.24. The van der Waals surface area contributed by atoms with Crippen LogP contribution in [0, 0.1) is 0 Å². The molecule has 0 saturated carbocycles. The van der Waals surface area contributed by atoms with Crippen molar-refractivity contribution in [2.45, 2.75) is 34.1 Å². The van der Waals surface area contributed by atoms with E-state index in [0.717, 1.165) is 0 Å². The summed E-state index contributed by atoms with van der Waals surface area (Å²) in [4.78, 5) is 1.97. The predicted octanol–water partition coefficient (Wildman–Crippen LogP) is 3.49. The summed E-state index contributed by atoms with van der Waals surface area (Å²) in [6, 6.07) is 0. The van der Waals surface area contributed by atoms with Crippen molar-refractivity contribution < 1.29 is 0 Å². The molecule has 0 saturated heterocycles. The molecule has 0 bridgehead atoms. The molecule has 7 heavy (non-hydrogen) atoms. The Morgan fingerprint density at radius 2 is 1.00 bits per heavy atom. The summed E-state index contributed by atoms with van der Waals surface area (Å²) in [6.07, 6.45) is 1.25.